The molecule has 0 saturated carbocycles. The lowest BCUT2D eigenvalue weighted by molar-refractivity contribution is -0.440. The van der Waals surface area contributed by atoms with E-state index >= 15 is 0 Å². The van der Waals surface area contributed by atoms with Gasteiger partial charge in [-0.05, 0) is 13.8 Å². The molecule has 0 aromatic rings. The normalized spacial score (nSPS) is 15.8. The Hall–Kier alpha value is -0.950. The van der Waals surface area contributed by atoms with Crippen LogP contribution in [0.3, 0.4) is 0 Å². The summed E-state index contributed by atoms with van der Waals surface area (Å²) in [6, 6.07) is 0. The molecule has 0 radical (unpaired) electrons. The molecular formula is C11H11F13O. The van der Waals surface area contributed by atoms with Gasteiger partial charge in [0.1, 0.15) is 0 Å². The van der Waals surface area contributed by atoms with E-state index in [1.54, 1.807) is 0 Å². The zero-order valence-electron chi connectivity index (χ0n) is 12.3. The van der Waals surface area contributed by atoms with Crippen LogP contribution >= 0.6 is 0 Å². The molecule has 0 aliphatic heterocycles. The molecule has 0 bridgehead atoms. The minimum absolute atomic E-state index is 0.874. The monoisotopic (exact) mass is 406 g/mol. The van der Waals surface area contributed by atoms with E-state index in [2.05, 4.69) is 4.74 Å². The Balaban J connectivity index is 5.86. The summed E-state index contributed by atoms with van der Waals surface area (Å²) in [4.78, 5) is 0. The van der Waals surface area contributed by atoms with E-state index in [1.165, 1.54) is 13.8 Å². The van der Waals surface area contributed by atoms with E-state index < -0.39 is 54.9 Å². The molecule has 0 saturated heterocycles. The molecule has 0 amide bonds. The van der Waals surface area contributed by atoms with Gasteiger partial charge >= 0.3 is 35.8 Å². The van der Waals surface area contributed by atoms with Gasteiger partial charge in [-0.1, -0.05) is 0 Å². The van der Waals surface area contributed by atoms with Gasteiger partial charge in [0.15, 0.2) is 0 Å². The SMILES string of the molecule is CC(C)OCCC(F)(F)C(F)(F)C(F)(F)C(F)(F)C(F)(F)C(F)(F)F. The maximum absolute atomic E-state index is 13.2. The molecule has 0 atom stereocenters. The van der Waals surface area contributed by atoms with Crippen LogP contribution < -0.4 is 0 Å². The van der Waals surface area contributed by atoms with Crippen molar-refractivity contribution >= 4 is 0 Å². The third-order valence-corrected chi connectivity index (χ3v) is 2.87. The van der Waals surface area contributed by atoms with Crippen LogP contribution in [0.5, 0.6) is 0 Å². The quantitative estimate of drug-likeness (QED) is 0.481. The van der Waals surface area contributed by atoms with Crippen molar-refractivity contribution in [3.63, 3.8) is 0 Å². The first-order chi connectivity index (χ1) is 10.7. The lowest BCUT2D eigenvalue weighted by Gasteiger charge is -2.39. The highest BCUT2D eigenvalue weighted by Gasteiger charge is 2.90. The first-order valence-electron chi connectivity index (χ1n) is 6.24. The summed E-state index contributed by atoms with van der Waals surface area (Å²) in [5.74, 6) is -36.6. The standard InChI is InChI=1S/C11H11F13O/c1-5(2)25-4-3-6(12,13)7(14,15)8(16,17)9(18,19)10(20,21)11(22,23)24/h5H,3-4H2,1-2H3. The lowest BCUT2D eigenvalue weighted by atomic mass is 9.93. The summed E-state index contributed by atoms with van der Waals surface area (Å²) in [6.45, 7) is 1.02. The molecule has 0 N–H and O–H groups in total. The Morgan fingerprint density at radius 2 is 0.960 bits per heavy atom. The van der Waals surface area contributed by atoms with E-state index in [0.29, 0.717) is 0 Å². The molecule has 1 nitrogen and oxygen atoms in total. The topological polar surface area (TPSA) is 9.23 Å². The zero-order valence-corrected chi connectivity index (χ0v) is 12.3. The van der Waals surface area contributed by atoms with Crippen LogP contribution in [0.1, 0.15) is 20.3 Å². The largest absolute Gasteiger partial charge is 0.460 e. The predicted octanol–water partition coefficient (Wildman–Crippen LogP) is 5.54. The molecule has 0 spiro atoms. The predicted molar refractivity (Wildman–Crippen MR) is 56.5 cm³/mol. The van der Waals surface area contributed by atoms with E-state index in [4.69, 9.17) is 0 Å². The van der Waals surface area contributed by atoms with Crippen LogP contribution in [-0.2, 0) is 4.74 Å². The number of rotatable bonds is 8. The molecule has 0 heterocycles. The Morgan fingerprint density at radius 3 is 1.28 bits per heavy atom. The van der Waals surface area contributed by atoms with Gasteiger partial charge < -0.3 is 4.74 Å². The Morgan fingerprint density at radius 1 is 0.600 bits per heavy atom. The smallest absolute Gasteiger partial charge is 0.379 e. The molecule has 0 aromatic heterocycles. The van der Waals surface area contributed by atoms with Gasteiger partial charge in [0.05, 0.1) is 12.7 Å². The molecule has 0 aromatic carbocycles. The third kappa shape index (κ3) is 3.92. The molecule has 0 fully saturated rings. The highest BCUT2D eigenvalue weighted by atomic mass is 19.4. The van der Waals surface area contributed by atoms with Crippen LogP contribution in [0.25, 0.3) is 0 Å². The van der Waals surface area contributed by atoms with Gasteiger partial charge in [-0.25, -0.2) is 0 Å². The molecule has 152 valence electrons. The average Bonchev–Trinajstić information content (AvgIpc) is 2.35. The van der Waals surface area contributed by atoms with E-state index in [-0.39, 0.29) is 0 Å². The molecule has 14 heteroatoms. The summed E-state index contributed by atoms with van der Waals surface area (Å²) in [5.41, 5.74) is 0. The molecule has 25 heavy (non-hydrogen) atoms. The Bertz CT molecular complexity index is 451. The number of hydrogen-bond acceptors (Lipinski definition) is 1. The molecule has 0 unspecified atom stereocenters. The van der Waals surface area contributed by atoms with Crippen molar-refractivity contribution in [2.75, 3.05) is 6.61 Å². The van der Waals surface area contributed by atoms with Crippen LogP contribution in [0.15, 0.2) is 0 Å². The highest BCUT2D eigenvalue weighted by molar-refractivity contribution is 5.10. The summed E-state index contributed by atoms with van der Waals surface area (Å²) in [5, 5.41) is 0. The van der Waals surface area contributed by atoms with Crippen molar-refractivity contribution in [3.05, 3.63) is 0 Å². The fourth-order valence-corrected chi connectivity index (χ4v) is 1.38. The molecule has 0 aliphatic rings. The summed E-state index contributed by atoms with van der Waals surface area (Å²) in [7, 11) is 0. The van der Waals surface area contributed by atoms with Gasteiger partial charge in [0.25, 0.3) is 0 Å². The maximum atomic E-state index is 13.2. The van der Waals surface area contributed by atoms with Crippen LogP contribution in [0, 0.1) is 0 Å². The van der Waals surface area contributed by atoms with Crippen molar-refractivity contribution in [1.29, 1.82) is 0 Å². The van der Waals surface area contributed by atoms with Gasteiger partial charge in [0, 0.05) is 6.42 Å². The maximum Gasteiger partial charge on any atom is 0.460 e. The number of ether oxygens (including phenoxy) is 1. The van der Waals surface area contributed by atoms with Crippen LogP contribution in [0.2, 0.25) is 0 Å². The fraction of sp³-hybridized carbons (Fsp3) is 1.00. The van der Waals surface area contributed by atoms with Crippen molar-refractivity contribution in [2.45, 2.75) is 62.2 Å². The van der Waals surface area contributed by atoms with Crippen molar-refractivity contribution in [3.8, 4) is 0 Å². The second kappa shape index (κ2) is 6.65. The van der Waals surface area contributed by atoms with E-state index in [9.17, 15) is 57.1 Å². The van der Waals surface area contributed by atoms with Crippen LogP contribution in [0.4, 0.5) is 57.1 Å². The molecule has 0 aliphatic carbocycles. The second-order valence-corrected chi connectivity index (χ2v) is 5.17. The van der Waals surface area contributed by atoms with Gasteiger partial charge in [-0.3, -0.25) is 0 Å². The molecule has 0 rings (SSSR count). The summed E-state index contributed by atoms with van der Waals surface area (Å²) >= 11 is 0. The zero-order chi connectivity index (χ0) is 20.7. The van der Waals surface area contributed by atoms with Gasteiger partial charge in [0.2, 0.25) is 0 Å². The first kappa shape index (κ1) is 24.1. The summed E-state index contributed by atoms with van der Waals surface area (Å²) < 4.78 is 170. The van der Waals surface area contributed by atoms with Gasteiger partial charge in [-0.15, -0.1) is 0 Å². The van der Waals surface area contributed by atoms with Crippen LogP contribution in [-0.4, -0.2) is 48.5 Å². The number of halogens is 13. The van der Waals surface area contributed by atoms with E-state index in [0.717, 1.165) is 0 Å². The Labute approximate surface area is 132 Å². The highest BCUT2D eigenvalue weighted by Crippen LogP contribution is 2.60. The van der Waals surface area contributed by atoms with Crippen molar-refractivity contribution < 1.29 is 61.8 Å². The average molecular weight is 406 g/mol. The van der Waals surface area contributed by atoms with Crippen molar-refractivity contribution in [1.82, 2.24) is 0 Å². The van der Waals surface area contributed by atoms with Crippen molar-refractivity contribution in [2.24, 2.45) is 0 Å². The summed E-state index contributed by atoms with van der Waals surface area (Å²) in [6.07, 6.45) is -10.6. The first-order valence-corrected chi connectivity index (χ1v) is 6.24. The number of hydrogen-bond donors (Lipinski definition) is 0. The van der Waals surface area contributed by atoms with Gasteiger partial charge in [-0.2, -0.15) is 57.1 Å². The second-order valence-electron chi connectivity index (χ2n) is 5.17. The van der Waals surface area contributed by atoms with E-state index in [1.807, 2.05) is 0 Å². The third-order valence-electron chi connectivity index (χ3n) is 2.87. The Kier molecular flexibility index (Phi) is 6.40. The molecular weight excluding hydrogens is 395 g/mol. The lowest BCUT2D eigenvalue weighted by Crippen LogP contribution is -2.70. The minimum Gasteiger partial charge on any atom is -0.379 e. The number of alkyl halides is 13. The fourth-order valence-electron chi connectivity index (χ4n) is 1.38. The minimum atomic E-state index is -7.86.